The number of rotatable bonds is 0. The minimum atomic E-state index is 0. The zero-order chi connectivity index (χ0) is 5.98. The number of carbonyl (C=O) groups excluding carboxylic acids is 1. The van der Waals surface area contributed by atoms with Gasteiger partial charge in [0.2, 0.25) is 0 Å². The summed E-state index contributed by atoms with van der Waals surface area (Å²) in [5.74, 6) is 1.72. The van der Waals surface area contributed by atoms with Gasteiger partial charge in [0.15, 0.2) is 5.94 Å². The zero-order valence-electron chi connectivity index (χ0n) is 5.01. The summed E-state index contributed by atoms with van der Waals surface area (Å²) >= 11 is 0. The highest BCUT2D eigenvalue weighted by Gasteiger charge is 2.00. The van der Waals surface area contributed by atoms with E-state index < -0.39 is 0 Å². The Morgan fingerprint density at radius 3 is 2.67 bits per heavy atom. The number of hydrogen-bond donors (Lipinski definition) is 1. The van der Waals surface area contributed by atoms with Crippen LogP contribution in [0.2, 0.25) is 0 Å². The predicted octanol–water partition coefficient (Wildman–Crippen LogP) is -1.16. The van der Waals surface area contributed by atoms with Crippen LogP contribution in [0.4, 0.5) is 0 Å². The Kier molecular flexibility index (Phi) is 2.51. The third kappa shape index (κ3) is 1.60. The van der Waals surface area contributed by atoms with Crippen LogP contribution in [0.15, 0.2) is 18.0 Å². The molecule has 3 N–H and O–H groups in total. The fourth-order valence-electron chi connectivity index (χ4n) is 0.508. The van der Waals surface area contributed by atoms with E-state index in [0.717, 1.165) is 0 Å². The van der Waals surface area contributed by atoms with Gasteiger partial charge in [0.25, 0.3) is 0 Å². The van der Waals surface area contributed by atoms with Gasteiger partial charge in [-0.15, -0.1) is 0 Å². The van der Waals surface area contributed by atoms with E-state index >= 15 is 0 Å². The van der Waals surface area contributed by atoms with Gasteiger partial charge < -0.3 is 5.48 Å². The largest absolute Gasteiger partial charge is 0.412 e. The Morgan fingerprint density at radius 1 is 1.78 bits per heavy atom. The molecule has 0 aliphatic carbocycles. The van der Waals surface area contributed by atoms with Crippen molar-refractivity contribution in [3.05, 3.63) is 18.0 Å². The summed E-state index contributed by atoms with van der Waals surface area (Å²) in [7, 11) is 1.81. The number of hydrazine groups is 1. The Balaban J connectivity index is 0.000000640. The summed E-state index contributed by atoms with van der Waals surface area (Å²) in [6.45, 7) is 0. The van der Waals surface area contributed by atoms with Crippen molar-refractivity contribution in [1.29, 1.82) is 0 Å². The van der Waals surface area contributed by atoms with Gasteiger partial charge in [-0.3, -0.25) is 10.4 Å². The maximum absolute atomic E-state index is 9.85. The number of hydrogen-bond acceptors (Lipinski definition) is 3. The second kappa shape index (κ2) is 2.91. The van der Waals surface area contributed by atoms with Gasteiger partial charge in [-0.05, 0) is 6.08 Å². The molecule has 0 aromatic heterocycles. The van der Waals surface area contributed by atoms with Crippen molar-refractivity contribution in [2.45, 2.75) is 0 Å². The standard InChI is InChI=1S/C5H6N2O.H2O/c1-7-3-2-5(4-8)6-7;/h2-3,6H,1H3;1H2. The molecule has 0 aromatic carbocycles. The molecule has 0 spiro atoms. The van der Waals surface area contributed by atoms with Crippen LogP contribution < -0.4 is 5.43 Å². The summed E-state index contributed by atoms with van der Waals surface area (Å²) in [6.07, 6.45) is 3.41. The first-order valence-electron chi connectivity index (χ1n) is 2.26. The van der Waals surface area contributed by atoms with Crippen molar-refractivity contribution in [2.24, 2.45) is 0 Å². The molecule has 0 aromatic rings. The van der Waals surface area contributed by atoms with Crippen LogP contribution in [0, 0.1) is 0 Å². The Morgan fingerprint density at radius 2 is 2.44 bits per heavy atom. The molecular formula is C5H8N2O2. The van der Waals surface area contributed by atoms with Crippen LogP contribution >= 0.6 is 0 Å². The quantitative estimate of drug-likeness (QED) is 0.418. The number of nitrogens with one attached hydrogen (secondary N) is 1. The second-order valence-corrected chi connectivity index (χ2v) is 1.55. The van der Waals surface area contributed by atoms with Gasteiger partial charge in [-0.1, -0.05) is 0 Å². The molecule has 0 saturated heterocycles. The molecule has 1 rings (SSSR count). The summed E-state index contributed by atoms with van der Waals surface area (Å²) in [4.78, 5) is 9.85. The van der Waals surface area contributed by atoms with Gasteiger partial charge in [0, 0.05) is 13.2 Å². The molecule has 0 amide bonds. The SMILES string of the molecule is CN1C=CC(=C=O)N1.O. The third-order valence-electron chi connectivity index (χ3n) is 0.872. The average Bonchev–Trinajstić information content (AvgIpc) is 2.14. The monoisotopic (exact) mass is 128 g/mol. The lowest BCUT2D eigenvalue weighted by Gasteiger charge is -2.06. The van der Waals surface area contributed by atoms with Crippen LogP contribution in [0.1, 0.15) is 0 Å². The van der Waals surface area contributed by atoms with Crippen molar-refractivity contribution in [3.63, 3.8) is 0 Å². The fourth-order valence-corrected chi connectivity index (χ4v) is 0.508. The zero-order valence-corrected chi connectivity index (χ0v) is 5.01. The smallest absolute Gasteiger partial charge is 0.152 e. The molecule has 1 aliphatic heterocycles. The van der Waals surface area contributed by atoms with Crippen LogP contribution in [-0.2, 0) is 4.79 Å². The van der Waals surface area contributed by atoms with E-state index in [9.17, 15) is 4.79 Å². The van der Waals surface area contributed by atoms with Crippen molar-refractivity contribution >= 4 is 5.94 Å². The second-order valence-electron chi connectivity index (χ2n) is 1.55. The maximum Gasteiger partial charge on any atom is 0.152 e. The van der Waals surface area contributed by atoms with Crippen LogP contribution in [0.3, 0.4) is 0 Å². The minimum absolute atomic E-state index is 0. The summed E-state index contributed by atoms with van der Waals surface area (Å²) < 4.78 is 0. The molecule has 0 unspecified atom stereocenters. The molecule has 0 saturated carbocycles. The highest BCUT2D eigenvalue weighted by molar-refractivity contribution is 5.56. The van der Waals surface area contributed by atoms with Crippen molar-refractivity contribution < 1.29 is 10.3 Å². The van der Waals surface area contributed by atoms with Crippen LogP contribution in [0.5, 0.6) is 0 Å². The molecule has 4 nitrogen and oxygen atoms in total. The lowest BCUT2D eigenvalue weighted by atomic mass is 10.5. The molecule has 0 bridgehead atoms. The van der Waals surface area contributed by atoms with Crippen molar-refractivity contribution in [1.82, 2.24) is 10.4 Å². The van der Waals surface area contributed by atoms with E-state index in [2.05, 4.69) is 5.43 Å². The van der Waals surface area contributed by atoms with E-state index in [0.29, 0.717) is 5.70 Å². The first kappa shape index (κ1) is 7.75. The van der Waals surface area contributed by atoms with E-state index in [1.54, 1.807) is 30.3 Å². The minimum Gasteiger partial charge on any atom is -0.412 e. The van der Waals surface area contributed by atoms with E-state index in [4.69, 9.17) is 0 Å². The molecule has 1 heterocycles. The van der Waals surface area contributed by atoms with Crippen LogP contribution in [-0.4, -0.2) is 23.5 Å². The molecule has 50 valence electrons. The summed E-state index contributed by atoms with van der Waals surface area (Å²) in [6, 6.07) is 0. The number of nitrogens with zero attached hydrogens (tertiary/aromatic N) is 1. The first-order valence-corrected chi connectivity index (χ1v) is 2.26. The molecule has 0 radical (unpaired) electrons. The van der Waals surface area contributed by atoms with Crippen molar-refractivity contribution in [3.8, 4) is 0 Å². The lowest BCUT2D eigenvalue weighted by Crippen LogP contribution is -2.22. The molecule has 1 aliphatic rings. The molecule has 4 heteroatoms. The average molecular weight is 128 g/mol. The first-order chi connectivity index (χ1) is 3.83. The predicted molar refractivity (Wildman–Crippen MR) is 32.9 cm³/mol. The van der Waals surface area contributed by atoms with E-state index in [1.165, 1.54) is 0 Å². The molecule has 9 heavy (non-hydrogen) atoms. The van der Waals surface area contributed by atoms with E-state index in [1.807, 2.05) is 0 Å². The van der Waals surface area contributed by atoms with Gasteiger partial charge in [0.05, 0.1) is 0 Å². The van der Waals surface area contributed by atoms with Gasteiger partial charge in [0.1, 0.15) is 5.70 Å². The summed E-state index contributed by atoms with van der Waals surface area (Å²) in [5.41, 5.74) is 3.20. The summed E-state index contributed by atoms with van der Waals surface area (Å²) in [5, 5.41) is 1.68. The van der Waals surface area contributed by atoms with Gasteiger partial charge in [-0.2, -0.15) is 0 Å². The van der Waals surface area contributed by atoms with Gasteiger partial charge in [-0.25, -0.2) is 4.79 Å². The Hall–Kier alpha value is -1.25. The third-order valence-corrected chi connectivity index (χ3v) is 0.872. The maximum atomic E-state index is 9.85. The fraction of sp³-hybridized carbons (Fsp3) is 0.200. The molecule has 0 atom stereocenters. The van der Waals surface area contributed by atoms with E-state index in [-0.39, 0.29) is 5.48 Å². The normalized spacial score (nSPS) is 14.3. The lowest BCUT2D eigenvalue weighted by molar-refractivity contribution is 0.398. The van der Waals surface area contributed by atoms with Gasteiger partial charge >= 0.3 is 0 Å². The molecule has 0 fully saturated rings. The Bertz CT molecular complexity index is 170. The molecular weight excluding hydrogens is 120 g/mol. The highest BCUT2D eigenvalue weighted by Crippen LogP contribution is 1.96. The number of allylic oxidation sites excluding steroid dienone is 1. The Labute approximate surface area is 52.7 Å². The van der Waals surface area contributed by atoms with Crippen LogP contribution in [0.25, 0.3) is 0 Å². The highest BCUT2D eigenvalue weighted by atomic mass is 16.1. The topological polar surface area (TPSA) is 63.8 Å². The van der Waals surface area contributed by atoms with Crippen molar-refractivity contribution in [2.75, 3.05) is 7.05 Å².